The van der Waals surface area contributed by atoms with E-state index in [1.54, 1.807) is 0 Å². The summed E-state index contributed by atoms with van der Waals surface area (Å²) in [7, 11) is 5.30. The van der Waals surface area contributed by atoms with E-state index in [1.165, 1.54) is 0 Å². The molecule has 0 amide bonds. The van der Waals surface area contributed by atoms with Gasteiger partial charge in [-0.25, -0.2) is 0 Å². The van der Waals surface area contributed by atoms with E-state index in [4.69, 9.17) is 9.19 Å². The Morgan fingerprint density at radius 1 is 2.00 bits per heavy atom. The van der Waals surface area contributed by atoms with Crippen molar-refractivity contribution in [3.63, 3.8) is 0 Å². The van der Waals surface area contributed by atoms with Crippen LogP contribution < -0.4 is 0 Å². The van der Waals surface area contributed by atoms with Crippen molar-refractivity contribution < 1.29 is 18.1 Å². The van der Waals surface area contributed by atoms with Gasteiger partial charge in [-0.3, -0.25) is 0 Å². The van der Waals surface area contributed by atoms with Gasteiger partial charge in [-0.2, -0.15) is 0 Å². The van der Waals surface area contributed by atoms with Crippen molar-refractivity contribution in [2.75, 3.05) is 6.66 Å². The zero-order valence-corrected chi connectivity index (χ0v) is 6.10. The summed E-state index contributed by atoms with van der Waals surface area (Å²) in [6.07, 6.45) is 0. The maximum absolute atomic E-state index is 5.30. The van der Waals surface area contributed by atoms with Gasteiger partial charge in [0.2, 0.25) is 0 Å². The zero-order chi connectivity index (χ0) is 3.41. The molecule has 0 nitrogen and oxygen atoms in total. The van der Waals surface area contributed by atoms with E-state index in [9.17, 15) is 0 Å². The molecule has 0 aromatic rings. The third kappa shape index (κ3) is 3.46. The van der Waals surface area contributed by atoms with Gasteiger partial charge >= 0.3 is 40.5 Å². The molecule has 0 fully saturated rings. The summed E-state index contributed by atoms with van der Waals surface area (Å²) < 4.78 is 0. The minimum atomic E-state index is 0.193. The first-order valence-electron chi connectivity index (χ1n) is 0.765. The Morgan fingerprint density at radius 2 is 2.25 bits per heavy atom. The summed E-state index contributed by atoms with van der Waals surface area (Å²) in [6, 6.07) is 0. The van der Waals surface area contributed by atoms with Crippen LogP contribution in [-0.2, 0) is 18.1 Å². The predicted molar refractivity (Wildman–Crippen MR) is 20.1 cm³/mol. The molecule has 0 spiro atoms. The van der Waals surface area contributed by atoms with Gasteiger partial charge in [0.05, 0.1) is 0 Å². The first-order valence-corrected chi connectivity index (χ1v) is 8.00. The van der Waals surface area contributed by atoms with Crippen LogP contribution >= 0.6 is 15.7 Å². The molecule has 31 valence electrons. The quantitative estimate of drug-likeness (QED) is 0.503. The van der Waals surface area contributed by atoms with Crippen molar-refractivity contribution in [3.05, 3.63) is 0 Å². The molecule has 0 aliphatic carbocycles. The van der Waals surface area contributed by atoms with Crippen molar-refractivity contribution in [1.82, 2.24) is 0 Å². The molecule has 4 heavy (non-hydrogen) atoms. The van der Waals surface area contributed by atoms with E-state index >= 15 is 0 Å². The molecule has 0 aromatic carbocycles. The molecule has 0 aliphatic heterocycles. The molecule has 0 aliphatic rings. The number of rotatable bonds is 1. The molecule has 3 heteroatoms. The Hall–Kier alpha value is 1.46. The fourth-order valence-electron chi connectivity index (χ4n) is 0. The Morgan fingerprint density at radius 3 is 2.25 bits per heavy atom. The summed E-state index contributed by atoms with van der Waals surface area (Å²) in [6.45, 7) is 3.12. The van der Waals surface area contributed by atoms with Crippen LogP contribution in [0.2, 0.25) is 0 Å². The average molecular weight is 279 g/mol. The van der Waals surface area contributed by atoms with Crippen molar-refractivity contribution in [3.8, 4) is 0 Å². The molecule has 0 saturated carbocycles. The Labute approximate surface area is 40.6 Å². The van der Waals surface area contributed by atoms with Gasteiger partial charge in [0.15, 0.2) is 0 Å². The summed E-state index contributed by atoms with van der Waals surface area (Å²) in [5.41, 5.74) is 0. The molecular weight excluding hydrogens is 275 g/mol. The van der Waals surface area contributed by atoms with Crippen molar-refractivity contribution in [2.24, 2.45) is 0 Å². The van der Waals surface area contributed by atoms with Crippen LogP contribution in [0.5, 0.6) is 0 Å². The molecule has 0 N–H and O–H groups in total. The Balaban J connectivity index is 1.97. The van der Waals surface area contributed by atoms with E-state index in [0.29, 0.717) is 0 Å². The van der Waals surface area contributed by atoms with E-state index in [0.717, 1.165) is 6.47 Å². The van der Waals surface area contributed by atoms with Crippen LogP contribution in [0, 0.1) is 0 Å². The van der Waals surface area contributed by atoms with Crippen LogP contribution in [0.1, 0.15) is 0 Å². The Kier molecular flexibility index (Phi) is 6.09. The molecule has 0 bridgehead atoms. The van der Waals surface area contributed by atoms with Gasteiger partial charge in [0.25, 0.3) is 0 Å². The second kappa shape index (κ2) is 4.46. The second-order valence-corrected chi connectivity index (χ2v) is 7.90. The average Bonchev–Trinajstić information content (AvgIpc) is 1.37. The SMILES string of the molecule is C[PH][Au][Cl]. The van der Waals surface area contributed by atoms with Crippen molar-refractivity contribution in [2.45, 2.75) is 0 Å². The molecule has 0 aromatic heterocycles. The van der Waals surface area contributed by atoms with Gasteiger partial charge in [0, 0.05) is 0 Å². The standard InChI is InChI=1S/CH4P.Au.ClH/c1-2;;/h2H,1H3;;1H/q-1;+2;/p-1. The molecule has 0 rings (SSSR count). The van der Waals surface area contributed by atoms with Crippen LogP contribution in [-0.4, -0.2) is 6.66 Å². The fraction of sp³-hybridized carbons (Fsp3) is 1.00. The summed E-state index contributed by atoms with van der Waals surface area (Å²) in [4.78, 5) is 0. The molecule has 1 unspecified atom stereocenters. The predicted octanol–water partition coefficient (Wildman–Crippen LogP) is 1.45. The van der Waals surface area contributed by atoms with Crippen molar-refractivity contribution in [1.29, 1.82) is 0 Å². The number of hydrogen-bond acceptors (Lipinski definition) is 0. The molecule has 0 heterocycles. The third-order valence-corrected chi connectivity index (χ3v) is 4.20. The summed E-state index contributed by atoms with van der Waals surface area (Å²) in [5.74, 6) is 0. The van der Waals surface area contributed by atoms with Crippen molar-refractivity contribution >= 4 is 15.7 Å². The molecule has 0 radical (unpaired) electrons. The third-order valence-electron chi connectivity index (χ3n) is 0.0570. The summed E-state index contributed by atoms with van der Waals surface area (Å²) in [5, 5.41) is 0. The zero-order valence-electron chi connectivity index (χ0n) is 2.18. The van der Waals surface area contributed by atoms with Gasteiger partial charge in [-0.1, -0.05) is 0 Å². The summed E-state index contributed by atoms with van der Waals surface area (Å²) >= 11 is 0.193. The second-order valence-electron chi connectivity index (χ2n) is 0.208. The van der Waals surface area contributed by atoms with Gasteiger partial charge < -0.3 is 0 Å². The van der Waals surface area contributed by atoms with Crippen LogP contribution in [0.15, 0.2) is 0 Å². The van der Waals surface area contributed by atoms with Crippen LogP contribution in [0.4, 0.5) is 0 Å². The maximum atomic E-state index is 5.30. The van der Waals surface area contributed by atoms with Crippen LogP contribution in [0.3, 0.4) is 0 Å². The number of halogens is 1. The van der Waals surface area contributed by atoms with Gasteiger partial charge in [0.1, 0.15) is 0 Å². The first-order chi connectivity index (χ1) is 1.91. The first kappa shape index (κ1) is 5.46. The molecular formula is CH4AuClP. The monoisotopic (exact) mass is 279 g/mol. The normalized spacial score (nSPS) is 11.5. The molecule has 0 saturated heterocycles. The topological polar surface area (TPSA) is 0 Å². The van der Waals surface area contributed by atoms with E-state index < -0.39 is 0 Å². The van der Waals surface area contributed by atoms with E-state index in [-0.39, 0.29) is 18.1 Å². The van der Waals surface area contributed by atoms with Crippen LogP contribution in [0.25, 0.3) is 0 Å². The van der Waals surface area contributed by atoms with Gasteiger partial charge in [-0.05, 0) is 0 Å². The molecule has 1 atom stereocenters. The van der Waals surface area contributed by atoms with E-state index in [2.05, 4.69) is 6.66 Å². The minimum absolute atomic E-state index is 0.193. The van der Waals surface area contributed by atoms with Gasteiger partial charge in [-0.15, -0.1) is 0 Å². The number of hydrogen-bond donors (Lipinski definition) is 0. The van der Waals surface area contributed by atoms with E-state index in [1.807, 2.05) is 0 Å². The fourth-order valence-corrected chi connectivity index (χ4v) is 0. The Bertz CT molecular complexity index is 10.0.